The monoisotopic (exact) mass is 240 g/mol. The smallest absolute Gasteiger partial charge is 0.0926 e. The van der Waals surface area contributed by atoms with Crippen LogP contribution in [0.3, 0.4) is 0 Å². The van der Waals surface area contributed by atoms with Gasteiger partial charge in [-0.2, -0.15) is 0 Å². The first-order valence-corrected chi connectivity index (χ1v) is 6.86. The zero-order chi connectivity index (χ0) is 11.5. The predicted molar refractivity (Wildman–Crippen MR) is 66.8 cm³/mol. The largest absolute Gasteiger partial charge is 0.373 e. The molecule has 0 amide bonds. The number of aromatic nitrogens is 1. The summed E-state index contributed by atoms with van der Waals surface area (Å²) in [6.45, 7) is 9.44. The van der Waals surface area contributed by atoms with Gasteiger partial charge in [-0.05, 0) is 20.3 Å². The SMILES string of the molecule is CCc1nc(CN2CC(C)OC(C)C2)cs1. The van der Waals surface area contributed by atoms with Crippen LogP contribution in [-0.4, -0.2) is 35.2 Å². The number of rotatable bonds is 3. The molecule has 0 aliphatic carbocycles. The highest BCUT2D eigenvalue weighted by Crippen LogP contribution is 2.16. The molecule has 0 radical (unpaired) electrons. The summed E-state index contributed by atoms with van der Waals surface area (Å²) < 4.78 is 5.72. The lowest BCUT2D eigenvalue weighted by Gasteiger charge is -2.34. The van der Waals surface area contributed by atoms with Crippen LogP contribution in [-0.2, 0) is 17.7 Å². The third-order valence-corrected chi connectivity index (χ3v) is 3.82. The molecular formula is C12H20N2OS. The van der Waals surface area contributed by atoms with Crippen molar-refractivity contribution in [2.24, 2.45) is 0 Å². The number of thiazole rings is 1. The van der Waals surface area contributed by atoms with E-state index < -0.39 is 0 Å². The minimum Gasteiger partial charge on any atom is -0.373 e. The maximum absolute atomic E-state index is 5.72. The molecule has 0 aromatic carbocycles. The molecule has 4 heteroatoms. The minimum atomic E-state index is 0.341. The highest BCUT2D eigenvalue weighted by atomic mass is 32.1. The Hall–Kier alpha value is -0.450. The second-order valence-corrected chi connectivity index (χ2v) is 5.48. The quantitative estimate of drug-likeness (QED) is 0.810. The van der Waals surface area contributed by atoms with Crippen LogP contribution < -0.4 is 0 Å². The molecule has 0 spiro atoms. The second kappa shape index (κ2) is 5.25. The first kappa shape index (κ1) is 12.0. The molecule has 0 N–H and O–H groups in total. The molecule has 2 atom stereocenters. The fourth-order valence-corrected chi connectivity index (χ4v) is 2.96. The molecule has 0 saturated carbocycles. The van der Waals surface area contributed by atoms with Gasteiger partial charge in [-0.1, -0.05) is 6.92 Å². The summed E-state index contributed by atoms with van der Waals surface area (Å²) in [5, 5.41) is 3.42. The zero-order valence-corrected chi connectivity index (χ0v) is 11.1. The van der Waals surface area contributed by atoms with Crippen molar-refractivity contribution in [2.75, 3.05) is 13.1 Å². The van der Waals surface area contributed by atoms with Crippen molar-refractivity contribution in [1.29, 1.82) is 0 Å². The van der Waals surface area contributed by atoms with Crippen LogP contribution >= 0.6 is 11.3 Å². The van der Waals surface area contributed by atoms with Gasteiger partial charge in [-0.15, -0.1) is 11.3 Å². The van der Waals surface area contributed by atoms with Gasteiger partial charge in [-0.25, -0.2) is 4.98 Å². The van der Waals surface area contributed by atoms with E-state index >= 15 is 0 Å². The molecule has 2 heterocycles. The van der Waals surface area contributed by atoms with Gasteiger partial charge in [0.15, 0.2) is 0 Å². The van der Waals surface area contributed by atoms with E-state index in [0.717, 1.165) is 26.1 Å². The van der Waals surface area contributed by atoms with Crippen molar-refractivity contribution >= 4 is 11.3 Å². The van der Waals surface area contributed by atoms with Crippen LogP contribution in [0.15, 0.2) is 5.38 Å². The Balaban J connectivity index is 1.93. The summed E-state index contributed by atoms with van der Waals surface area (Å²) in [4.78, 5) is 7.05. The number of aryl methyl sites for hydroxylation is 1. The van der Waals surface area contributed by atoms with E-state index in [0.29, 0.717) is 12.2 Å². The van der Waals surface area contributed by atoms with Crippen molar-refractivity contribution in [3.8, 4) is 0 Å². The Labute approximate surface area is 101 Å². The summed E-state index contributed by atoms with van der Waals surface area (Å²) in [6.07, 6.45) is 1.72. The van der Waals surface area contributed by atoms with E-state index in [1.165, 1.54) is 10.7 Å². The third kappa shape index (κ3) is 3.03. The first-order chi connectivity index (χ1) is 7.67. The van der Waals surface area contributed by atoms with Crippen molar-refractivity contribution in [3.05, 3.63) is 16.1 Å². The minimum absolute atomic E-state index is 0.341. The Kier molecular flexibility index (Phi) is 3.95. The maximum Gasteiger partial charge on any atom is 0.0926 e. The Morgan fingerprint density at radius 2 is 2.12 bits per heavy atom. The van der Waals surface area contributed by atoms with Gasteiger partial charge >= 0.3 is 0 Å². The van der Waals surface area contributed by atoms with E-state index in [4.69, 9.17) is 4.74 Å². The van der Waals surface area contributed by atoms with Gasteiger partial charge in [0.05, 0.1) is 22.9 Å². The van der Waals surface area contributed by atoms with Crippen LogP contribution in [0.1, 0.15) is 31.5 Å². The lowest BCUT2D eigenvalue weighted by molar-refractivity contribution is -0.0707. The highest BCUT2D eigenvalue weighted by molar-refractivity contribution is 7.09. The fraction of sp³-hybridized carbons (Fsp3) is 0.750. The molecule has 1 fully saturated rings. The zero-order valence-electron chi connectivity index (χ0n) is 10.3. The highest BCUT2D eigenvalue weighted by Gasteiger charge is 2.22. The van der Waals surface area contributed by atoms with Crippen LogP contribution in [0.2, 0.25) is 0 Å². The summed E-state index contributed by atoms with van der Waals surface area (Å²) in [6, 6.07) is 0. The van der Waals surface area contributed by atoms with Crippen molar-refractivity contribution < 1.29 is 4.74 Å². The van der Waals surface area contributed by atoms with Gasteiger partial charge in [0, 0.05) is 25.0 Å². The number of hydrogen-bond donors (Lipinski definition) is 0. The standard InChI is InChI=1S/C12H20N2OS/c1-4-12-13-11(8-16-12)7-14-5-9(2)15-10(3)6-14/h8-10H,4-7H2,1-3H3. The molecule has 16 heavy (non-hydrogen) atoms. The predicted octanol–water partition coefficient (Wildman–Crippen LogP) is 2.31. The molecule has 0 bridgehead atoms. The van der Waals surface area contributed by atoms with E-state index in [1.807, 2.05) is 0 Å². The molecule has 1 aliphatic heterocycles. The molecule has 3 nitrogen and oxygen atoms in total. The van der Waals surface area contributed by atoms with E-state index in [9.17, 15) is 0 Å². The molecular weight excluding hydrogens is 220 g/mol. The van der Waals surface area contributed by atoms with Gasteiger partial charge in [0.1, 0.15) is 0 Å². The molecule has 1 aromatic heterocycles. The first-order valence-electron chi connectivity index (χ1n) is 5.98. The molecule has 90 valence electrons. The van der Waals surface area contributed by atoms with Gasteiger partial charge < -0.3 is 4.74 Å². The maximum atomic E-state index is 5.72. The number of morpholine rings is 1. The second-order valence-electron chi connectivity index (χ2n) is 4.54. The van der Waals surface area contributed by atoms with Crippen LogP contribution in [0.25, 0.3) is 0 Å². The Morgan fingerprint density at radius 1 is 1.44 bits per heavy atom. The Morgan fingerprint density at radius 3 is 2.69 bits per heavy atom. The molecule has 1 aliphatic rings. The van der Waals surface area contributed by atoms with E-state index in [2.05, 4.69) is 36.0 Å². The lowest BCUT2D eigenvalue weighted by atomic mass is 10.2. The third-order valence-electron chi connectivity index (χ3n) is 2.78. The summed E-state index contributed by atoms with van der Waals surface area (Å²) in [5.41, 5.74) is 1.21. The van der Waals surface area contributed by atoms with Gasteiger partial charge in [0.25, 0.3) is 0 Å². The topological polar surface area (TPSA) is 25.4 Å². The summed E-state index contributed by atoms with van der Waals surface area (Å²) in [5.74, 6) is 0. The van der Waals surface area contributed by atoms with Crippen LogP contribution in [0.5, 0.6) is 0 Å². The normalized spacial score (nSPS) is 27.2. The van der Waals surface area contributed by atoms with Crippen molar-refractivity contribution in [3.63, 3.8) is 0 Å². The average molecular weight is 240 g/mol. The van der Waals surface area contributed by atoms with E-state index in [-0.39, 0.29) is 0 Å². The molecule has 1 saturated heterocycles. The Bertz CT molecular complexity index is 330. The van der Waals surface area contributed by atoms with E-state index in [1.54, 1.807) is 11.3 Å². The summed E-state index contributed by atoms with van der Waals surface area (Å²) in [7, 11) is 0. The average Bonchev–Trinajstić information content (AvgIpc) is 2.64. The number of ether oxygens (including phenoxy) is 1. The molecule has 2 rings (SSSR count). The fourth-order valence-electron chi connectivity index (χ4n) is 2.23. The van der Waals surface area contributed by atoms with Crippen LogP contribution in [0, 0.1) is 0 Å². The van der Waals surface area contributed by atoms with Gasteiger partial charge in [0.2, 0.25) is 0 Å². The van der Waals surface area contributed by atoms with Crippen molar-refractivity contribution in [2.45, 2.75) is 45.9 Å². The van der Waals surface area contributed by atoms with Gasteiger partial charge in [-0.3, -0.25) is 4.90 Å². The number of nitrogens with zero attached hydrogens (tertiary/aromatic N) is 2. The molecule has 2 unspecified atom stereocenters. The van der Waals surface area contributed by atoms with Crippen molar-refractivity contribution in [1.82, 2.24) is 9.88 Å². The van der Waals surface area contributed by atoms with Crippen LogP contribution in [0.4, 0.5) is 0 Å². The molecule has 1 aromatic rings. The lowest BCUT2D eigenvalue weighted by Crippen LogP contribution is -2.44. The summed E-state index contributed by atoms with van der Waals surface area (Å²) >= 11 is 1.77. The number of hydrogen-bond acceptors (Lipinski definition) is 4.